The van der Waals surface area contributed by atoms with Gasteiger partial charge in [0.15, 0.2) is 12.4 Å². The first kappa shape index (κ1) is 30.9. The molecule has 196 valence electrons. The molecule has 7 nitrogen and oxygen atoms in total. The Morgan fingerprint density at radius 2 is 1.63 bits per heavy atom. The minimum atomic E-state index is -0.973. The van der Waals surface area contributed by atoms with Gasteiger partial charge >= 0.3 is 0 Å². The molecule has 0 aliphatic heterocycles. The highest BCUT2D eigenvalue weighted by Crippen LogP contribution is 2.35. The van der Waals surface area contributed by atoms with Crippen LogP contribution in [0.3, 0.4) is 0 Å². The molecule has 3 N–H and O–H groups in total. The number of hydrogen-bond donors (Lipinski definition) is 2. The van der Waals surface area contributed by atoms with Crippen molar-refractivity contribution in [1.82, 2.24) is 5.32 Å². The number of ether oxygens (including phenoxy) is 2. The molecule has 35 heavy (non-hydrogen) atoms. The van der Waals surface area contributed by atoms with E-state index in [1.54, 1.807) is 0 Å². The van der Waals surface area contributed by atoms with Crippen molar-refractivity contribution in [3.8, 4) is 5.75 Å². The summed E-state index contributed by atoms with van der Waals surface area (Å²) in [7, 11) is 0. The summed E-state index contributed by atoms with van der Waals surface area (Å²) in [5.41, 5.74) is 6.00. The molecule has 0 spiro atoms. The van der Waals surface area contributed by atoms with Crippen molar-refractivity contribution in [3.63, 3.8) is 0 Å². The number of carbonyl (C=O) groups excluding carboxylic acids is 3. The Morgan fingerprint density at radius 3 is 2.23 bits per heavy atom. The Balaban J connectivity index is 2.44. The molecular formula is C26H38Cl2N2O5. The summed E-state index contributed by atoms with van der Waals surface area (Å²) < 4.78 is 11.0. The predicted molar refractivity (Wildman–Crippen MR) is 140 cm³/mol. The molecule has 0 radical (unpaired) electrons. The maximum atomic E-state index is 12.3. The molecule has 2 amide bonds. The van der Waals surface area contributed by atoms with E-state index in [-0.39, 0.29) is 33.7 Å². The van der Waals surface area contributed by atoms with Crippen LogP contribution in [0, 0.1) is 0 Å². The second-order valence-corrected chi connectivity index (χ2v) is 9.14. The number of nitrogens with two attached hydrogens (primary N) is 1. The molecule has 0 fully saturated rings. The Hall–Kier alpha value is -2.09. The van der Waals surface area contributed by atoms with Gasteiger partial charge in [-0.3, -0.25) is 14.4 Å². The molecule has 1 aromatic carbocycles. The lowest BCUT2D eigenvalue weighted by molar-refractivity contribution is -0.130. The molecule has 1 aromatic rings. The molecule has 0 bridgehead atoms. The summed E-state index contributed by atoms with van der Waals surface area (Å²) >= 11 is 12.4. The smallest absolute Gasteiger partial charge is 0.258 e. The molecule has 0 saturated heterocycles. The zero-order valence-corrected chi connectivity index (χ0v) is 22.3. The highest BCUT2D eigenvalue weighted by Gasteiger charge is 2.21. The van der Waals surface area contributed by atoms with Crippen LogP contribution < -0.4 is 15.8 Å². The van der Waals surface area contributed by atoms with Crippen molar-refractivity contribution in [2.45, 2.75) is 77.7 Å². The van der Waals surface area contributed by atoms with Crippen LogP contribution in [-0.2, 0) is 14.3 Å². The van der Waals surface area contributed by atoms with Crippen LogP contribution in [0.2, 0.25) is 10.0 Å². The molecule has 0 heterocycles. The second-order valence-electron chi connectivity index (χ2n) is 8.39. The maximum Gasteiger partial charge on any atom is 0.258 e. The summed E-state index contributed by atoms with van der Waals surface area (Å²) in [6.07, 6.45) is 9.90. The monoisotopic (exact) mass is 528 g/mol. The minimum absolute atomic E-state index is 0.00867. The van der Waals surface area contributed by atoms with E-state index >= 15 is 0 Å². The standard InChI is InChI=1S/C26H38Cl2N2O5/c1-4-6-7-8-9-10-11-12-15-34-16-20(26(29)33)30-22(31)17-35-21-14-13-19(23(27)24(21)28)25(32)18(3)5-2/h13-14,20H,3-12,15-17H2,1-2H3,(H2,29,33)(H,30,31). The van der Waals surface area contributed by atoms with E-state index in [1.165, 1.54) is 44.2 Å². The Kier molecular flexibility index (Phi) is 15.3. The number of nitrogens with one attached hydrogen (secondary N) is 1. The Morgan fingerprint density at radius 1 is 1.00 bits per heavy atom. The van der Waals surface area contributed by atoms with Gasteiger partial charge in [-0.25, -0.2) is 0 Å². The lowest BCUT2D eigenvalue weighted by atomic mass is 10.0. The number of benzene rings is 1. The number of rotatable bonds is 19. The predicted octanol–water partition coefficient (Wildman–Crippen LogP) is 5.65. The third-order valence-electron chi connectivity index (χ3n) is 5.50. The number of Topliss-reactive ketones (excluding diaryl/α,β-unsaturated/α-hetero) is 1. The number of primary amides is 1. The quantitative estimate of drug-likeness (QED) is 0.137. The van der Waals surface area contributed by atoms with Crippen molar-refractivity contribution in [2.24, 2.45) is 5.73 Å². The van der Waals surface area contributed by atoms with Crippen LogP contribution in [-0.4, -0.2) is 43.5 Å². The normalized spacial score (nSPS) is 11.7. The number of hydrogen-bond acceptors (Lipinski definition) is 5. The average Bonchev–Trinajstić information content (AvgIpc) is 2.84. The summed E-state index contributed by atoms with van der Waals surface area (Å²) in [4.78, 5) is 36.3. The topological polar surface area (TPSA) is 108 Å². The molecule has 0 aliphatic rings. The Labute approximate surface area is 218 Å². The third-order valence-corrected chi connectivity index (χ3v) is 6.37. The fraction of sp³-hybridized carbons (Fsp3) is 0.577. The molecule has 0 aromatic heterocycles. The maximum absolute atomic E-state index is 12.3. The highest BCUT2D eigenvalue weighted by molar-refractivity contribution is 6.45. The van der Waals surface area contributed by atoms with Crippen LogP contribution >= 0.6 is 23.2 Å². The van der Waals surface area contributed by atoms with Crippen LogP contribution in [0.15, 0.2) is 24.3 Å². The third kappa shape index (κ3) is 11.5. The van der Waals surface area contributed by atoms with Gasteiger partial charge in [-0.2, -0.15) is 0 Å². The SMILES string of the molecule is C=C(CC)C(=O)c1ccc(OCC(=O)NC(COCCCCCCCCCC)C(N)=O)c(Cl)c1Cl. The number of unbranched alkanes of at least 4 members (excludes halogenated alkanes) is 7. The van der Waals surface area contributed by atoms with Crippen LogP contribution in [0.5, 0.6) is 5.75 Å². The van der Waals surface area contributed by atoms with Crippen molar-refractivity contribution in [3.05, 3.63) is 39.9 Å². The number of amides is 2. The first-order valence-corrected chi connectivity index (χ1v) is 13.0. The van der Waals surface area contributed by atoms with Gasteiger partial charge in [0.05, 0.1) is 11.6 Å². The van der Waals surface area contributed by atoms with Gasteiger partial charge in [0, 0.05) is 12.2 Å². The number of ketones is 1. The van der Waals surface area contributed by atoms with E-state index in [4.69, 9.17) is 38.4 Å². The van der Waals surface area contributed by atoms with E-state index in [0.717, 1.165) is 19.3 Å². The van der Waals surface area contributed by atoms with Crippen molar-refractivity contribution in [1.29, 1.82) is 0 Å². The average molecular weight is 530 g/mol. The molecule has 0 saturated carbocycles. The molecular weight excluding hydrogens is 491 g/mol. The molecule has 1 atom stereocenters. The number of carbonyl (C=O) groups is 3. The molecule has 9 heteroatoms. The van der Waals surface area contributed by atoms with E-state index in [2.05, 4.69) is 18.8 Å². The van der Waals surface area contributed by atoms with Crippen molar-refractivity contribution < 1.29 is 23.9 Å². The first-order valence-electron chi connectivity index (χ1n) is 12.2. The van der Waals surface area contributed by atoms with Crippen molar-refractivity contribution in [2.75, 3.05) is 19.8 Å². The summed E-state index contributed by atoms with van der Waals surface area (Å²) in [6, 6.07) is 1.95. The van der Waals surface area contributed by atoms with E-state index in [9.17, 15) is 14.4 Å². The lowest BCUT2D eigenvalue weighted by Gasteiger charge is -2.17. The zero-order chi connectivity index (χ0) is 26.2. The highest BCUT2D eigenvalue weighted by atomic mass is 35.5. The molecule has 1 unspecified atom stereocenters. The van der Waals surface area contributed by atoms with Gasteiger partial charge in [-0.1, -0.05) is 88.6 Å². The second kappa shape index (κ2) is 17.4. The molecule has 1 rings (SSSR count). The number of halogens is 2. The molecule has 0 aliphatic carbocycles. The first-order chi connectivity index (χ1) is 16.7. The summed E-state index contributed by atoms with van der Waals surface area (Å²) in [6.45, 7) is 7.79. The summed E-state index contributed by atoms with van der Waals surface area (Å²) in [5, 5.41) is 2.53. The minimum Gasteiger partial charge on any atom is -0.482 e. The van der Waals surface area contributed by atoms with E-state index < -0.39 is 24.5 Å². The fourth-order valence-corrected chi connectivity index (χ4v) is 3.74. The lowest BCUT2D eigenvalue weighted by Crippen LogP contribution is -2.48. The largest absolute Gasteiger partial charge is 0.482 e. The summed E-state index contributed by atoms with van der Waals surface area (Å²) in [5.74, 6) is -1.45. The van der Waals surface area contributed by atoms with Crippen LogP contribution in [0.1, 0.15) is 82.0 Å². The van der Waals surface area contributed by atoms with E-state index in [0.29, 0.717) is 18.6 Å². The number of allylic oxidation sites excluding steroid dienone is 1. The zero-order valence-electron chi connectivity index (χ0n) is 20.8. The van der Waals surface area contributed by atoms with Gasteiger partial charge in [0.1, 0.15) is 16.8 Å². The van der Waals surface area contributed by atoms with Crippen LogP contribution in [0.25, 0.3) is 0 Å². The van der Waals surface area contributed by atoms with E-state index in [1.807, 2.05) is 6.92 Å². The van der Waals surface area contributed by atoms with Gasteiger partial charge in [-0.05, 0) is 30.5 Å². The Bertz CT molecular complexity index is 860. The fourth-order valence-electron chi connectivity index (χ4n) is 3.28. The van der Waals surface area contributed by atoms with Gasteiger partial charge in [0.25, 0.3) is 5.91 Å². The van der Waals surface area contributed by atoms with Crippen LogP contribution in [0.4, 0.5) is 0 Å². The van der Waals surface area contributed by atoms with Gasteiger partial charge < -0.3 is 20.5 Å². The van der Waals surface area contributed by atoms with Gasteiger partial charge in [-0.15, -0.1) is 0 Å². The van der Waals surface area contributed by atoms with Crippen molar-refractivity contribution >= 4 is 40.8 Å². The van der Waals surface area contributed by atoms with Gasteiger partial charge in [0.2, 0.25) is 5.91 Å².